The summed E-state index contributed by atoms with van der Waals surface area (Å²) in [7, 11) is 2.11. The van der Waals surface area contributed by atoms with Crippen molar-refractivity contribution >= 4 is 10.8 Å². The minimum atomic E-state index is 1.19. The average molecular weight is 311 g/mol. The summed E-state index contributed by atoms with van der Waals surface area (Å²) in [5.74, 6) is 0. The Morgan fingerprint density at radius 3 is 2.38 bits per heavy atom. The molecule has 2 nitrogen and oxygen atoms in total. The van der Waals surface area contributed by atoms with Crippen LogP contribution in [0.25, 0.3) is 33.2 Å². The van der Waals surface area contributed by atoms with Crippen LogP contribution in [0, 0.1) is 6.92 Å². The highest BCUT2D eigenvalue weighted by Gasteiger charge is 2.15. The number of hydrogen-bond donors (Lipinski definition) is 0. The van der Waals surface area contributed by atoms with Crippen LogP contribution in [-0.4, -0.2) is 4.98 Å². The lowest BCUT2D eigenvalue weighted by Crippen LogP contribution is -2.30. The molecule has 4 aromatic rings. The van der Waals surface area contributed by atoms with Crippen LogP contribution in [0.4, 0.5) is 0 Å². The largest absolute Gasteiger partial charge is 0.265 e. The number of aromatic nitrogens is 2. The van der Waals surface area contributed by atoms with E-state index in [4.69, 9.17) is 0 Å². The fraction of sp³-hybridized carbons (Fsp3) is 0.0909. The third-order valence-electron chi connectivity index (χ3n) is 4.55. The second-order valence-corrected chi connectivity index (χ2v) is 6.13. The second kappa shape index (κ2) is 5.89. The molecule has 0 bridgehead atoms. The normalized spacial score (nSPS) is 10.9. The van der Waals surface area contributed by atoms with Crippen LogP contribution in [-0.2, 0) is 7.05 Å². The van der Waals surface area contributed by atoms with E-state index < -0.39 is 0 Å². The first-order chi connectivity index (χ1) is 11.7. The molecule has 2 heteroatoms. The fourth-order valence-electron chi connectivity index (χ4n) is 3.28. The molecule has 0 aliphatic rings. The molecule has 2 heterocycles. The Labute approximate surface area is 142 Å². The van der Waals surface area contributed by atoms with Crippen LogP contribution < -0.4 is 4.57 Å². The van der Waals surface area contributed by atoms with Crippen molar-refractivity contribution in [2.75, 3.05) is 0 Å². The first-order valence-corrected chi connectivity index (χ1v) is 8.13. The number of fused-ring (bicyclic) bond motifs is 1. The second-order valence-electron chi connectivity index (χ2n) is 6.13. The first kappa shape index (κ1) is 14.6. The molecule has 2 aromatic carbocycles. The molecule has 0 unspecified atom stereocenters. The van der Waals surface area contributed by atoms with E-state index in [1.54, 1.807) is 0 Å². The average Bonchev–Trinajstić information content (AvgIpc) is 2.62. The van der Waals surface area contributed by atoms with E-state index in [0.29, 0.717) is 0 Å². The van der Waals surface area contributed by atoms with Crippen LogP contribution in [0.3, 0.4) is 0 Å². The number of hydrogen-bond acceptors (Lipinski definition) is 1. The van der Waals surface area contributed by atoms with Crippen molar-refractivity contribution < 1.29 is 4.57 Å². The molecule has 4 rings (SSSR count). The Bertz CT molecular complexity index is 1020. The predicted molar refractivity (Wildman–Crippen MR) is 98.5 cm³/mol. The maximum absolute atomic E-state index is 4.14. The van der Waals surface area contributed by atoms with Gasteiger partial charge in [0.1, 0.15) is 7.05 Å². The van der Waals surface area contributed by atoms with Crippen LogP contribution >= 0.6 is 0 Å². The van der Waals surface area contributed by atoms with Crippen molar-refractivity contribution in [2.45, 2.75) is 6.92 Å². The zero-order valence-corrected chi connectivity index (χ0v) is 13.9. The highest BCUT2D eigenvalue weighted by molar-refractivity contribution is 5.97. The van der Waals surface area contributed by atoms with Gasteiger partial charge in [0.2, 0.25) is 5.69 Å². The van der Waals surface area contributed by atoms with Gasteiger partial charge < -0.3 is 0 Å². The van der Waals surface area contributed by atoms with Crippen molar-refractivity contribution in [3.05, 3.63) is 84.8 Å². The Balaban J connectivity index is 2.02. The number of rotatable bonds is 2. The molecular formula is C22H19N2+. The number of pyridine rings is 2. The number of nitrogens with zero attached hydrogens (tertiary/aromatic N) is 2. The monoisotopic (exact) mass is 311 g/mol. The van der Waals surface area contributed by atoms with Gasteiger partial charge in [-0.2, -0.15) is 0 Å². The molecule has 0 amide bonds. The summed E-state index contributed by atoms with van der Waals surface area (Å²) in [5.41, 5.74) is 6.22. The number of benzene rings is 2. The Hall–Kier alpha value is -3.00. The van der Waals surface area contributed by atoms with Crippen molar-refractivity contribution in [3.63, 3.8) is 0 Å². The quantitative estimate of drug-likeness (QED) is 0.490. The van der Waals surface area contributed by atoms with Gasteiger partial charge in [0.25, 0.3) is 0 Å². The van der Waals surface area contributed by atoms with Gasteiger partial charge in [-0.15, -0.1) is 0 Å². The molecule has 2 aromatic heterocycles. The highest BCUT2D eigenvalue weighted by Crippen LogP contribution is 2.30. The smallest absolute Gasteiger partial charge is 0.213 e. The summed E-state index contributed by atoms with van der Waals surface area (Å²) < 4.78 is 2.21. The van der Waals surface area contributed by atoms with E-state index in [-0.39, 0.29) is 0 Å². The molecule has 0 spiro atoms. The van der Waals surface area contributed by atoms with Gasteiger partial charge in [-0.3, -0.25) is 4.98 Å². The molecule has 0 saturated carbocycles. The van der Waals surface area contributed by atoms with Crippen molar-refractivity contribution in [1.29, 1.82) is 0 Å². The summed E-state index contributed by atoms with van der Waals surface area (Å²) in [4.78, 5) is 4.14. The van der Waals surface area contributed by atoms with E-state index >= 15 is 0 Å². The van der Waals surface area contributed by atoms with Gasteiger partial charge in [0.15, 0.2) is 6.20 Å². The third-order valence-corrected chi connectivity index (χ3v) is 4.55. The molecule has 0 fully saturated rings. The first-order valence-electron chi connectivity index (χ1n) is 8.13. The Morgan fingerprint density at radius 2 is 1.58 bits per heavy atom. The van der Waals surface area contributed by atoms with Crippen molar-refractivity contribution in [2.24, 2.45) is 7.05 Å². The fourth-order valence-corrected chi connectivity index (χ4v) is 3.28. The number of aryl methyl sites for hydroxylation is 2. The van der Waals surface area contributed by atoms with E-state index in [1.807, 2.05) is 12.4 Å². The Kier molecular flexibility index (Phi) is 3.58. The van der Waals surface area contributed by atoms with Gasteiger partial charge in [0, 0.05) is 34.8 Å². The zero-order valence-electron chi connectivity index (χ0n) is 13.9. The summed E-state index contributed by atoms with van der Waals surface area (Å²) in [6.45, 7) is 2.16. The summed E-state index contributed by atoms with van der Waals surface area (Å²) in [6, 6.07) is 21.4. The van der Waals surface area contributed by atoms with Crippen LogP contribution in [0.5, 0.6) is 0 Å². The molecule has 0 N–H and O–H groups in total. The molecule has 0 saturated heterocycles. The van der Waals surface area contributed by atoms with Gasteiger partial charge in [-0.05, 0) is 47.9 Å². The molecule has 24 heavy (non-hydrogen) atoms. The Morgan fingerprint density at radius 1 is 0.833 bits per heavy atom. The van der Waals surface area contributed by atoms with Crippen LogP contribution in [0.1, 0.15) is 5.56 Å². The SMILES string of the molecule is Cc1ccccc1-c1cc2c(-c3ccncc3)cccc2c[n+]1C. The minimum Gasteiger partial charge on any atom is -0.265 e. The van der Waals surface area contributed by atoms with E-state index in [9.17, 15) is 0 Å². The van der Waals surface area contributed by atoms with Gasteiger partial charge in [-0.1, -0.05) is 30.3 Å². The van der Waals surface area contributed by atoms with E-state index in [0.717, 1.165) is 0 Å². The summed E-state index contributed by atoms with van der Waals surface area (Å²) in [5, 5.41) is 2.50. The lowest BCUT2D eigenvalue weighted by Gasteiger charge is -2.09. The van der Waals surface area contributed by atoms with Gasteiger partial charge >= 0.3 is 0 Å². The standard InChI is InChI=1S/C22H19N2/c1-16-6-3-4-8-19(16)22-14-21-18(15-24(22)2)7-5-9-20(21)17-10-12-23-13-11-17/h3-15H,1-2H3/q+1. The maximum Gasteiger partial charge on any atom is 0.213 e. The minimum absolute atomic E-state index is 1.19. The van der Waals surface area contributed by atoms with Crippen molar-refractivity contribution in [1.82, 2.24) is 4.98 Å². The van der Waals surface area contributed by atoms with E-state index in [2.05, 4.69) is 90.4 Å². The van der Waals surface area contributed by atoms with Gasteiger partial charge in [-0.25, -0.2) is 4.57 Å². The molecule has 116 valence electrons. The van der Waals surface area contributed by atoms with Crippen LogP contribution in [0.2, 0.25) is 0 Å². The molecule has 0 aliphatic carbocycles. The topological polar surface area (TPSA) is 16.8 Å². The van der Waals surface area contributed by atoms with Gasteiger partial charge in [0.05, 0.1) is 0 Å². The van der Waals surface area contributed by atoms with Crippen LogP contribution in [0.15, 0.2) is 79.3 Å². The molecule has 0 radical (unpaired) electrons. The summed E-state index contributed by atoms with van der Waals surface area (Å²) in [6.07, 6.45) is 5.90. The highest BCUT2D eigenvalue weighted by atomic mass is 14.9. The molecule has 0 atom stereocenters. The zero-order chi connectivity index (χ0) is 16.5. The molecular weight excluding hydrogens is 292 g/mol. The maximum atomic E-state index is 4.14. The third kappa shape index (κ3) is 2.46. The summed E-state index contributed by atoms with van der Waals surface area (Å²) >= 11 is 0. The predicted octanol–water partition coefficient (Wildman–Crippen LogP) is 4.70. The van der Waals surface area contributed by atoms with Crippen molar-refractivity contribution in [3.8, 4) is 22.4 Å². The lowest BCUT2D eigenvalue weighted by molar-refractivity contribution is -0.659. The molecule has 0 aliphatic heterocycles. The lowest BCUT2D eigenvalue weighted by atomic mass is 9.97. The van der Waals surface area contributed by atoms with E-state index in [1.165, 1.54) is 38.7 Å².